The van der Waals surface area contributed by atoms with E-state index in [2.05, 4.69) is 15.2 Å². The molecule has 1 rings (SSSR count). The molecule has 0 aliphatic rings. The molecule has 72 valence electrons. The van der Waals surface area contributed by atoms with Gasteiger partial charge in [0.15, 0.2) is 0 Å². The van der Waals surface area contributed by atoms with Gasteiger partial charge in [-0.3, -0.25) is 4.79 Å². The van der Waals surface area contributed by atoms with Gasteiger partial charge in [-0.25, -0.2) is 0 Å². The molecule has 0 radical (unpaired) electrons. The van der Waals surface area contributed by atoms with Crippen molar-refractivity contribution in [2.24, 2.45) is 0 Å². The predicted octanol–water partition coefficient (Wildman–Crippen LogP) is 1.25. The predicted molar refractivity (Wildman–Crippen MR) is 51.2 cm³/mol. The maximum absolute atomic E-state index is 11.3. The molecule has 4 nitrogen and oxygen atoms in total. The molecule has 1 aromatic rings. The van der Waals surface area contributed by atoms with Crippen LogP contribution in [0, 0.1) is 0 Å². The van der Waals surface area contributed by atoms with Gasteiger partial charge in [-0.15, -0.1) is 33.4 Å². The van der Waals surface area contributed by atoms with Gasteiger partial charge in [-0.05, 0) is 0 Å². The van der Waals surface area contributed by atoms with Crippen molar-refractivity contribution in [1.29, 1.82) is 0 Å². The summed E-state index contributed by atoms with van der Waals surface area (Å²) >= 11 is 11.4. The number of rotatable bonds is 2. The standard InChI is InChI=1S/C7H9Cl2N3O/c1-7(2,6(8)9)4-5(13)10-3-11-12-4/h3,6H,1-2H3,(H,10,11,13). The van der Waals surface area contributed by atoms with E-state index in [1.54, 1.807) is 13.8 Å². The van der Waals surface area contributed by atoms with Crippen molar-refractivity contribution >= 4 is 23.2 Å². The molecule has 0 unspecified atom stereocenters. The minimum absolute atomic E-state index is 0.241. The van der Waals surface area contributed by atoms with Gasteiger partial charge >= 0.3 is 0 Å². The quantitative estimate of drug-likeness (QED) is 0.766. The summed E-state index contributed by atoms with van der Waals surface area (Å²) in [6.07, 6.45) is 1.22. The number of nitrogens with one attached hydrogen (secondary N) is 1. The van der Waals surface area contributed by atoms with Crippen molar-refractivity contribution in [3.05, 3.63) is 22.4 Å². The number of hydrogen-bond donors (Lipinski definition) is 1. The van der Waals surface area contributed by atoms with Crippen molar-refractivity contribution < 1.29 is 0 Å². The van der Waals surface area contributed by atoms with Crippen LogP contribution in [0.3, 0.4) is 0 Å². The van der Waals surface area contributed by atoms with Gasteiger partial charge in [-0.1, -0.05) is 13.8 Å². The third-order valence-electron chi connectivity index (χ3n) is 1.78. The topological polar surface area (TPSA) is 58.6 Å². The van der Waals surface area contributed by atoms with E-state index in [4.69, 9.17) is 23.2 Å². The van der Waals surface area contributed by atoms with Crippen LogP contribution < -0.4 is 5.56 Å². The zero-order chi connectivity index (χ0) is 10.1. The van der Waals surface area contributed by atoms with Crippen molar-refractivity contribution in [2.75, 3.05) is 0 Å². The second kappa shape index (κ2) is 3.64. The second-order valence-corrected chi connectivity index (χ2v) is 4.29. The minimum Gasteiger partial charge on any atom is -0.310 e. The lowest BCUT2D eigenvalue weighted by molar-refractivity contribution is 0.528. The van der Waals surface area contributed by atoms with Gasteiger partial charge in [0.1, 0.15) is 16.9 Å². The largest absolute Gasteiger partial charge is 0.310 e. The van der Waals surface area contributed by atoms with Crippen molar-refractivity contribution in [3.8, 4) is 0 Å². The second-order valence-electron chi connectivity index (χ2n) is 3.19. The van der Waals surface area contributed by atoms with Crippen LogP contribution in [0.25, 0.3) is 0 Å². The van der Waals surface area contributed by atoms with Gasteiger partial charge < -0.3 is 4.98 Å². The monoisotopic (exact) mass is 221 g/mol. The first-order valence-corrected chi connectivity index (χ1v) is 4.52. The number of alkyl halides is 2. The number of nitrogens with zero attached hydrogens (tertiary/aromatic N) is 2. The van der Waals surface area contributed by atoms with E-state index in [1.165, 1.54) is 6.33 Å². The number of H-pyrrole nitrogens is 1. The summed E-state index contributed by atoms with van der Waals surface area (Å²) in [4.78, 5) is 13.0. The molecule has 0 saturated heterocycles. The Morgan fingerprint density at radius 1 is 1.54 bits per heavy atom. The van der Waals surface area contributed by atoms with E-state index >= 15 is 0 Å². The van der Waals surface area contributed by atoms with Crippen LogP contribution in [0.4, 0.5) is 0 Å². The SMILES string of the molecule is CC(C)(c1nnc[nH]c1=O)C(Cl)Cl. The zero-order valence-corrected chi connectivity index (χ0v) is 8.73. The Balaban J connectivity index is 3.22. The molecule has 0 aliphatic carbocycles. The highest BCUT2D eigenvalue weighted by Gasteiger charge is 2.32. The summed E-state index contributed by atoms with van der Waals surface area (Å²) in [5.74, 6) is 0. The number of halogens is 2. The smallest absolute Gasteiger partial charge is 0.273 e. The average Bonchev–Trinajstić information content (AvgIpc) is 2.04. The maximum atomic E-state index is 11.3. The van der Waals surface area contributed by atoms with Crippen molar-refractivity contribution in [3.63, 3.8) is 0 Å². The van der Waals surface area contributed by atoms with E-state index in [1.807, 2.05) is 0 Å². The summed E-state index contributed by atoms with van der Waals surface area (Å²) in [5.41, 5.74) is -0.776. The van der Waals surface area contributed by atoms with Crippen LogP contribution in [0.2, 0.25) is 0 Å². The van der Waals surface area contributed by atoms with Gasteiger partial charge in [0.05, 0.1) is 0 Å². The van der Waals surface area contributed by atoms with Crippen LogP contribution in [0.15, 0.2) is 11.1 Å². The van der Waals surface area contributed by atoms with Crippen LogP contribution in [0.1, 0.15) is 19.5 Å². The molecular formula is C7H9Cl2N3O. The number of aromatic nitrogens is 3. The fraction of sp³-hybridized carbons (Fsp3) is 0.571. The molecule has 0 saturated carbocycles. The third kappa shape index (κ3) is 2.00. The molecule has 0 aromatic carbocycles. The summed E-state index contributed by atoms with van der Waals surface area (Å²) in [7, 11) is 0. The highest BCUT2D eigenvalue weighted by atomic mass is 35.5. The Morgan fingerprint density at radius 3 is 2.62 bits per heavy atom. The van der Waals surface area contributed by atoms with Gasteiger partial charge in [0.2, 0.25) is 0 Å². The molecule has 0 atom stereocenters. The summed E-state index contributed by atoms with van der Waals surface area (Å²) in [6, 6.07) is 0. The molecule has 0 aliphatic heterocycles. The summed E-state index contributed by atoms with van der Waals surface area (Å²) < 4.78 is 0. The average molecular weight is 222 g/mol. The molecular weight excluding hydrogens is 213 g/mol. The Bertz CT molecular complexity index is 348. The fourth-order valence-corrected chi connectivity index (χ4v) is 1.02. The minimum atomic E-state index is -0.703. The Morgan fingerprint density at radius 2 is 2.15 bits per heavy atom. The molecule has 0 fully saturated rings. The first-order chi connectivity index (χ1) is 5.96. The number of hydrogen-bond acceptors (Lipinski definition) is 3. The highest BCUT2D eigenvalue weighted by molar-refractivity contribution is 6.45. The molecule has 6 heteroatoms. The van der Waals surface area contributed by atoms with E-state index in [-0.39, 0.29) is 11.3 Å². The van der Waals surface area contributed by atoms with E-state index < -0.39 is 10.3 Å². The highest BCUT2D eigenvalue weighted by Crippen LogP contribution is 2.29. The first kappa shape index (κ1) is 10.5. The van der Waals surface area contributed by atoms with E-state index in [9.17, 15) is 4.79 Å². The Labute approximate surface area is 85.3 Å². The molecule has 1 aromatic heterocycles. The van der Waals surface area contributed by atoms with Gasteiger partial charge in [0, 0.05) is 5.41 Å². The van der Waals surface area contributed by atoms with Crippen molar-refractivity contribution in [1.82, 2.24) is 15.2 Å². The molecule has 0 amide bonds. The van der Waals surface area contributed by atoms with E-state index in [0.717, 1.165) is 0 Å². The van der Waals surface area contributed by atoms with Gasteiger partial charge in [-0.2, -0.15) is 0 Å². The Kier molecular flexibility index (Phi) is 2.93. The molecule has 13 heavy (non-hydrogen) atoms. The molecule has 0 spiro atoms. The number of aromatic amines is 1. The van der Waals surface area contributed by atoms with Crippen LogP contribution in [-0.4, -0.2) is 20.0 Å². The summed E-state index contributed by atoms with van der Waals surface area (Å²) in [5, 5.41) is 7.28. The zero-order valence-electron chi connectivity index (χ0n) is 7.21. The Hall–Kier alpha value is -0.610. The summed E-state index contributed by atoms with van der Waals surface area (Å²) in [6.45, 7) is 3.47. The fourth-order valence-electron chi connectivity index (χ4n) is 0.813. The molecule has 1 heterocycles. The van der Waals surface area contributed by atoms with Crippen molar-refractivity contribution in [2.45, 2.75) is 24.1 Å². The lowest BCUT2D eigenvalue weighted by atomic mass is 9.92. The third-order valence-corrected chi connectivity index (χ3v) is 2.87. The normalized spacial score (nSPS) is 12.1. The van der Waals surface area contributed by atoms with Crippen LogP contribution in [-0.2, 0) is 5.41 Å². The lowest BCUT2D eigenvalue weighted by Gasteiger charge is -2.22. The molecule has 1 N–H and O–H groups in total. The maximum Gasteiger partial charge on any atom is 0.273 e. The van der Waals surface area contributed by atoms with E-state index in [0.29, 0.717) is 0 Å². The lowest BCUT2D eigenvalue weighted by Crippen LogP contribution is -2.34. The van der Waals surface area contributed by atoms with Crippen LogP contribution >= 0.6 is 23.2 Å². The van der Waals surface area contributed by atoms with Gasteiger partial charge in [0.25, 0.3) is 5.56 Å². The van der Waals surface area contributed by atoms with Crippen LogP contribution in [0.5, 0.6) is 0 Å². The first-order valence-electron chi connectivity index (χ1n) is 3.65. The molecule has 0 bridgehead atoms.